The fourth-order valence-electron chi connectivity index (χ4n) is 4.21. The number of aromatic nitrogens is 2. The first-order valence-electron chi connectivity index (χ1n) is 8.03. The van der Waals surface area contributed by atoms with Crippen LogP contribution in [-0.4, -0.2) is 29.0 Å². The predicted octanol–water partition coefficient (Wildman–Crippen LogP) is 2.81. The van der Waals surface area contributed by atoms with E-state index in [1.807, 2.05) is 17.9 Å². The second-order valence-electron chi connectivity index (χ2n) is 6.49. The third kappa shape index (κ3) is 2.63. The van der Waals surface area contributed by atoms with E-state index < -0.39 is 0 Å². The zero-order chi connectivity index (χ0) is 14.0. The van der Waals surface area contributed by atoms with Crippen LogP contribution in [0, 0.1) is 5.92 Å². The first-order chi connectivity index (χ1) is 9.74. The minimum Gasteiger partial charge on any atom is -0.375 e. The van der Waals surface area contributed by atoms with Gasteiger partial charge in [-0.3, -0.25) is 4.68 Å². The molecule has 112 valence electrons. The Hall–Kier alpha value is -0.870. The molecule has 0 radical (unpaired) electrons. The molecule has 1 aromatic heterocycles. The third-order valence-electron chi connectivity index (χ3n) is 5.26. The molecule has 0 bridgehead atoms. The Morgan fingerprint density at radius 2 is 2.20 bits per heavy atom. The Morgan fingerprint density at radius 3 is 2.85 bits per heavy atom. The Balaban J connectivity index is 1.76. The molecule has 0 amide bonds. The smallest absolute Gasteiger partial charge is 0.0686 e. The van der Waals surface area contributed by atoms with Crippen molar-refractivity contribution in [2.75, 3.05) is 13.7 Å². The molecule has 3 rings (SSSR count). The molecule has 2 heterocycles. The van der Waals surface area contributed by atoms with E-state index in [1.54, 1.807) is 0 Å². The van der Waals surface area contributed by atoms with Crippen molar-refractivity contribution in [3.05, 3.63) is 18.0 Å². The van der Waals surface area contributed by atoms with Crippen molar-refractivity contribution in [1.29, 1.82) is 0 Å². The van der Waals surface area contributed by atoms with Crippen molar-refractivity contribution >= 4 is 0 Å². The minimum atomic E-state index is 0.175. The molecule has 1 saturated heterocycles. The van der Waals surface area contributed by atoms with Gasteiger partial charge in [0.15, 0.2) is 0 Å². The maximum atomic E-state index is 6.23. The fourth-order valence-corrected chi connectivity index (χ4v) is 4.21. The molecule has 2 aliphatic rings. The van der Waals surface area contributed by atoms with Gasteiger partial charge in [0.2, 0.25) is 0 Å². The highest BCUT2D eigenvalue weighted by Crippen LogP contribution is 2.44. The van der Waals surface area contributed by atoms with Gasteiger partial charge in [-0.25, -0.2) is 0 Å². The van der Waals surface area contributed by atoms with Crippen LogP contribution in [0.25, 0.3) is 0 Å². The van der Waals surface area contributed by atoms with Crippen molar-refractivity contribution in [1.82, 2.24) is 15.1 Å². The van der Waals surface area contributed by atoms with Crippen LogP contribution in [0.2, 0.25) is 0 Å². The summed E-state index contributed by atoms with van der Waals surface area (Å²) in [5.74, 6) is 0.655. The molecule has 2 unspecified atom stereocenters. The molecule has 1 saturated carbocycles. The summed E-state index contributed by atoms with van der Waals surface area (Å²) in [4.78, 5) is 0. The molecular formula is C16H27N3O. The third-order valence-corrected chi connectivity index (χ3v) is 5.26. The van der Waals surface area contributed by atoms with Crippen LogP contribution in [0.3, 0.4) is 0 Å². The lowest BCUT2D eigenvalue weighted by molar-refractivity contribution is -0.122. The van der Waals surface area contributed by atoms with Crippen LogP contribution in [0.1, 0.15) is 56.7 Å². The Labute approximate surface area is 121 Å². The molecule has 1 aliphatic heterocycles. The summed E-state index contributed by atoms with van der Waals surface area (Å²) in [6.07, 6.45) is 10.8. The van der Waals surface area contributed by atoms with E-state index in [0.717, 1.165) is 13.0 Å². The lowest BCUT2D eigenvalue weighted by Gasteiger charge is -2.45. The van der Waals surface area contributed by atoms with Crippen molar-refractivity contribution in [2.24, 2.45) is 13.0 Å². The van der Waals surface area contributed by atoms with Crippen LogP contribution < -0.4 is 5.32 Å². The largest absolute Gasteiger partial charge is 0.375 e. The summed E-state index contributed by atoms with van der Waals surface area (Å²) in [7, 11) is 4.11. The molecule has 0 aromatic carbocycles. The van der Waals surface area contributed by atoms with E-state index in [-0.39, 0.29) is 5.60 Å². The molecule has 2 atom stereocenters. The van der Waals surface area contributed by atoms with Gasteiger partial charge in [-0.2, -0.15) is 5.10 Å². The maximum absolute atomic E-state index is 6.23. The number of nitrogens with zero attached hydrogens (tertiary/aromatic N) is 2. The molecular weight excluding hydrogens is 250 g/mol. The summed E-state index contributed by atoms with van der Waals surface area (Å²) < 4.78 is 8.23. The zero-order valence-electron chi connectivity index (χ0n) is 12.8. The fraction of sp³-hybridized carbons (Fsp3) is 0.812. The topological polar surface area (TPSA) is 39.1 Å². The molecule has 1 aromatic rings. The van der Waals surface area contributed by atoms with E-state index in [9.17, 15) is 0 Å². The maximum Gasteiger partial charge on any atom is 0.0686 e. The van der Waals surface area contributed by atoms with E-state index in [1.165, 1.54) is 44.2 Å². The zero-order valence-corrected chi connectivity index (χ0v) is 12.8. The van der Waals surface area contributed by atoms with Gasteiger partial charge < -0.3 is 10.1 Å². The highest BCUT2D eigenvalue weighted by Gasteiger charge is 2.41. The second-order valence-corrected chi connectivity index (χ2v) is 6.49. The van der Waals surface area contributed by atoms with Gasteiger partial charge in [-0.15, -0.1) is 0 Å². The lowest BCUT2D eigenvalue weighted by atomic mass is 9.73. The summed E-state index contributed by atoms with van der Waals surface area (Å²) in [5.41, 5.74) is 1.47. The monoisotopic (exact) mass is 277 g/mol. The number of hydrogen-bond donors (Lipinski definition) is 1. The van der Waals surface area contributed by atoms with Crippen molar-refractivity contribution < 1.29 is 4.74 Å². The predicted molar refractivity (Wildman–Crippen MR) is 79.5 cm³/mol. The average molecular weight is 277 g/mol. The Bertz CT molecular complexity index is 431. The molecule has 4 heteroatoms. The highest BCUT2D eigenvalue weighted by molar-refractivity contribution is 5.09. The van der Waals surface area contributed by atoms with Gasteiger partial charge in [0, 0.05) is 19.9 Å². The molecule has 1 aliphatic carbocycles. The summed E-state index contributed by atoms with van der Waals surface area (Å²) >= 11 is 0. The normalized spacial score (nSPS) is 27.6. The van der Waals surface area contributed by atoms with Gasteiger partial charge in [0.25, 0.3) is 0 Å². The van der Waals surface area contributed by atoms with E-state index in [0.29, 0.717) is 12.0 Å². The molecule has 2 fully saturated rings. The number of rotatable bonds is 3. The van der Waals surface area contributed by atoms with Gasteiger partial charge in [0.05, 0.1) is 17.3 Å². The first kappa shape index (κ1) is 14.1. The SMILES string of the molecule is CNC(c1ccnn1C)C1CCOC2(CCCCC2)C1. The van der Waals surface area contributed by atoms with Crippen molar-refractivity contribution in [3.8, 4) is 0 Å². The van der Waals surface area contributed by atoms with Crippen LogP contribution in [0.15, 0.2) is 12.3 Å². The number of hydrogen-bond acceptors (Lipinski definition) is 3. The Morgan fingerprint density at radius 1 is 1.40 bits per heavy atom. The van der Waals surface area contributed by atoms with Gasteiger partial charge in [-0.1, -0.05) is 19.3 Å². The number of aryl methyl sites for hydroxylation is 1. The number of nitrogens with one attached hydrogen (secondary N) is 1. The highest BCUT2D eigenvalue weighted by atomic mass is 16.5. The molecule has 1 spiro atoms. The average Bonchev–Trinajstić information content (AvgIpc) is 2.87. The van der Waals surface area contributed by atoms with Crippen LogP contribution in [0.4, 0.5) is 0 Å². The van der Waals surface area contributed by atoms with Crippen LogP contribution >= 0.6 is 0 Å². The standard InChI is InChI=1S/C16H27N3O/c1-17-15(14-6-10-18-19(14)2)13-7-11-20-16(12-13)8-4-3-5-9-16/h6,10,13,15,17H,3-5,7-9,11-12H2,1-2H3. The lowest BCUT2D eigenvalue weighted by Crippen LogP contribution is -2.44. The quantitative estimate of drug-likeness (QED) is 0.923. The summed E-state index contributed by atoms with van der Waals surface area (Å²) in [5, 5.41) is 7.85. The summed E-state index contributed by atoms with van der Waals surface area (Å²) in [6, 6.07) is 2.54. The van der Waals surface area contributed by atoms with Crippen LogP contribution in [-0.2, 0) is 11.8 Å². The first-order valence-corrected chi connectivity index (χ1v) is 8.03. The van der Waals surface area contributed by atoms with Gasteiger partial charge >= 0.3 is 0 Å². The van der Waals surface area contributed by atoms with Gasteiger partial charge in [-0.05, 0) is 44.7 Å². The van der Waals surface area contributed by atoms with Crippen molar-refractivity contribution in [3.63, 3.8) is 0 Å². The second kappa shape index (κ2) is 5.86. The summed E-state index contributed by atoms with van der Waals surface area (Å²) in [6.45, 7) is 0.917. The van der Waals surface area contributed by atoms with E-state index >= 15 is 0 Å². The number of ether oxygens (including phenoxy) is 1. The molecule has 4 nitrogen and oxygen atoms in total. The molecule has 1 N–H and O–H groups in total. The van der Waals surface area contributed by atoms with Crippen molar-refractivity contribution in [2.45, 2.75) is 56.6 Å². The van der Waals surface area contributed by atoms with Crippen LogP contribution in [0.5, 0.6) is 0 Å². The Kier molecular flexibility index (Phi) is 4.13. The minimum absolute atomic E-state index is 0.175. The van der Waals surface area contributed by atoms with E-state index in [4.69, 9.17) is 4.74 Å². The molecule has 20 heavy (non-hydrogen) atoms. The van der Waals surface area contributed by atoms with Gasteiger partial charge in [0.1, 0.15) is 0 Å². The van der Waals surface area contributed by atoms with E-state index in [2.05, 4.69) is 23.5 Å².